The van der Waals surface area contributed by atoms with Crippen LogP contribution in [0.1, 0.15) is 25.0 Å². The fraction of sp³-hybridized carbons (Fsp3) is 0.385. The number of aromatic hydroxyl groups is 1. The number of amides is 3. The van der Waals surface area contributed by atoms with Gasteiger partial charge in [0.15, 0.2) is 0 Å². The lowest BCUT2D eigenvalue weighted by Crippen LogP contribution is -2.59. The van der Waals surface area contributed by atoms with E-state index in [1.165, 1.54) is 12.1 Å². The van der Waals surface area contributed by atoms with Crippen molar-refractivity contribution in [1.29, 1.82) is 0 Å². The van der Waals surface area contributed by atoms with Crippen LogP contribution in [0.25, 0.3) is 0 Å². The Morgan fingerprint density at radius 3 is 1.86 bits per heavy atom. The molecule has 0 saturated heterocycles. The van der Waals surface area contributed by atoms with Gasteiger partial charge < -0.3 is 37.0 Å². The number of aliphatic hydroxyl groups excluding tert-OH is 1. The lowest BCUT2D eigenvalue weighted by Gasteiger charge is -2.25. The molecule has 3 amide bonds. The summed E-state index contributed by atoms with van der Waals surface area (Å²) in [5.41, 5.74) is 7.49. The van der Waals surface area contributed by atoms with Gasteiger partial charge in [0.1, 0.15) is 23.9 Å². The van der Waals surface area contributed by atoms with Crippen molar-refractivity contribution >= 4 is 23.7 Å². The van der Waals surface area contributed by atoms with Gasteiger partial charge in [-0.3, -0.25) is 14.4 Å². The van der Waals surface area contributed by atoms with Crippen LogP contribution in [0.3, 0.4) is 0 Å². The molecule has 0 aliphatic carbocycles. The van der Waals surface area contributed by atoms with Gasteiger partial charge in [-0.2, -0.15) is 0 Å². The standard InChI is InChI=1S/C26H34N4O7/c1-15(2)22(26(36)37)30-25(35)21(14-31)29-24(34)20(13-16-6-4-3-5-7-16)28-23(33)19(27)12-17-8-10-18(32)11-9-17/h3-11,15,19-22,31-32H,12-14,27H2,1-2H3,(H,28,33)(H,29,34)(H,30,35)(H,36,37). The topological polar surface area (TPSA) is 191 Å². The van der Waals surface area contributed by atoms with Crippen LogP contribution in [0.5, 0.6) is 5.75 Å². The molecule has 11 nitrogen and oxygen atoms in total. The molecular formula is C26H34N4O7. The van der Waals surface area contributed by atoms with Crippen LogP contribution in [0.4, 0.5) is 0 Å². The summed E-state index contributed by atoms with van der Waals surface area (Å²) in [6, 6.07) is 10.3. The zero-order valence-corrected chi connectivity index (χ0v) is 20.8. The number of hydrogen-bond donors (Lipinski definition) is 7. The second-order valence-corrected chi connectivity index (χ2v) is 9.04. The smallest absolute Gasteiger partial charge is 0.326 e. The number of aliphatic hydroxyl groups is 1. The molecule has 2 aromatic rings. The number of hydrogen-bond acceptors (Lipinski definition) is 7. The van der Waals surface area contributed by atoms with Gasteiger partial charge in [0, 0.05) is 6.42 Å². The van der Waals surface area contributed by atoms with Crippen molar-refractivity contribution in [2.24, 2.45) is 11.7 Å². The van der Waals surface area contributed by atoms with Gasteiger partial charge in [0.05, 0.1) is 12.6 Å². The number of carbonyl (C=O) groups is 4. The molecule has 0 aromatic heterocycles. The number of aliphatic carboxylic acids is 1. The Kier molecular flexibility index (Phi) is 11.0. The largest absolute Gasteiger partial charge is 0.508 e. The van der Waals surface area contributed by atoms with E-state index >= 15 is 0 Å². The number of phenolic OH excluding ortho intramolecular Hbond substituents is 1. The van der Waals surface area contributed by atoms with E-state index in [4.69, 9.17) is 5.73 Å². The third-order valence-electron chi connectivity index (χ3n) is 5.69. The summed E-state index contributed by atoms with van der Waals surface area (Å²) in [6.07, 6.45) is 0.229. The summed E-state index contributed by atoms with van der Waals surface area (Å²) < 4.78 is 0. The van der Waals surface area contributed by atoms with Crippen LogP contribution in [0.2, 0.25) is 0 Å². The van der Waals surface area contributed by atoms with Crippen molar-refractivity contribution in [2.75, 3.05) is 6.61 Å². The van der Waals surface area contributed by atoms with Crippen molar-refractivity contribution in [3.8, 4) is 5.75 Å². The molecule has 0 fully saturated rings. The van der Waals surface area contributed by atoms with Crippen molar-refractivity contribution in [3.05, 3.63) is 65.7 Å². The number of rotatable bonds is 13. The summed E-state index contributed by atoms with van der Waals surface area (Å²) >= 11 is 0. The molecule has 11 heteroatoms. The van der Waals surface area contributed by atoms with Gasteiger partial charge in [-0.15, -0.1) is 0 Å². The average Bonchev–Trinajstić information content (AvgIpc) is 2.86. The van der Waals surface area contributed by atoms with Gasteiger partial charge in [-0.05, 0) is 35.6 Å². The maximum absolute atomic E-state index is 13.1. The Balaban J connectivity index is 2.14. The first-order valence-electron chi connectivity index (χ1n) is 11.8. The number of nitrogens with one attached hydrogen (secondary N) is 3. The lowest BCUT2D eigenvalue weighted by atomic mass is 10.0. The number of nitrogens with two attached hydrogens (primary N) is 1. The van der Waals surface area contributed by atoms with Crippen LogP contribution in [-0.4, -0.2) is 69.8 Å². The summed E-state index contributed by atoms with van der Waals surface area (Å²) in [6.45, 7) is 2.44. The molecule has 0 bridgehead atoms. The monoisotopic (exact) mass is 514 g/mol. The molecular weight excluding hydrogens is 480 g/mol. The Morgan fingerprint density at radius 2 is 1.32 bits per heavy atom. The second kappa shape index (κ2) is 14.0. The molecule has 0 radical (unpaired) electrons. The maximum Gasteiger partial charge on any atom is 0.326 e. The number of carboxylic acids is 1. The molecule has 37 heavy (non-hydrogen) atoms. The Bertz CT molecular complexity index is 1060. The first-order valence-corrected chi connectivity index (χ1v) is 11.8. The molecule has 2 rings (SSSR count). The third kappa shape index (κ3) is 9.21. The molecule has 0 spiro atoms. The summed E-state index contributed by atoms with van der Waals surface area (Å²) in [4.78, 5) is 50.0. The highest BCUT2D eigenvalue weighted by molar-refractivity contribution is 5.94. The van der Waals surface area contributed by atoms with E-state index in [2.05, 4.69) is 16.0 Å². The van der Waals surface area contributed by atoms with Crippen LogP contribution in [0, 0.1) is 5.92 Å². The number of phenols is 1. The number of benzene rings is 2. The molecule has 2 aromatic carbocycles. The second-order valence-electron chi connectivity index (χ2n) is 9.04. The lowest BCUT2D eigenvalue weighted by molar-refractivity contribution is -0.143. The highest BCUT2D eigenvalue weighted by Crippen LogP contribution is 2.11. The van der Waals surface area contributed by atoms with Gasteiger partial charge in [0.2, 0.25) is 17.7 Å². The SMILES string of the molecule is CC(C)C(NC(=O)C(CO)NC(=O)C(Cc1ccccc1)NC(=O)C(N)Cc1ccc(O)cc1)C(=O)O. The number of carboxylic acid groups (broad SMARTS) is 1. The Labute approximate surface area is 215 Å². The third-order valence-corrected chi connectivity index (χ3v) is 5.69. The van der Waals surface area contributed by atoms with Crippen molar-refractivity contribution < 1.29 is 34.5 Å². The van der Waals surface area contributed by atoms with Crippen LogP contribution in [-0.2, 0) is 32.0 Å². The summed E-state index contributed by atoms with van der Waals surface area (Å²) in [5, 5.41) is 35.8. The summed E-state index contributed by atoms with van der Waals surface area (Å²) in [5.74, 6) is -3.84. The van der Waals surface area contributed by atoms with Gasteiger partial charge in [-0.1, -0.05) is 56.3 Å². The first-order chi connectivity index (χ1) is 17.5. The summed E-state index contributed by atoms with van der Waals surface area (Å²) in [7, 11) is 0. The van der Waals surface area contributed by atoms with E-state index in [1.807, 2.05) is 0 Å². The Morgan fingerprint density at radius 1 is 0.784 bits per heavy atom. The van der Waals surface area contributed by atoms with E-state index in [9.17, 15) is 34.5 Å². The van der Waals surface area contributed by atoms with Crippen molar-refractivity contribution in [1.82, 2.24) is 16.0 Å². The molecule has 8 N–H and O–H groups in total. The predicted molar refractivity (Wildman–Crippen MR) is 135 cm³/mol. The minimum absolute atomic E-state index is 0.0758. The van der Waals surface area contributed by atoms with Crippen LogP contribution >= 0.6 is 0 Å². The number of carbonyl (C=O) groups excluding carboxylic acids is 3. The van der Waals surface area contributed by atoms with E-state index in [0.29, 0.717) is 5.56 Å². The van der Waals surface area contributed by atoms with Gasteiger partial charge >= 0.3 is 5.97 Å². The fourth-order valence-corrected chi connectivity index (χ4v) is 3.55. The minimum atomic E-state index is -1.44. The van der Waals surface area contributed by atoms with Gasteiger partial charge in [-0.25, -0.2) is 4.79 Å². The molecule has 4 atom stereocenters. The average molecular weight is 515 g/mol. The maximum atomic E-state index is 13.1. The van der Waals surface area contributed by atoms with E-state index in [1.54, 1.807) is 56.3 Å². The quantitative estimate of drug-likeness (QED) is 0.189. The predicted octanol–water partition coefficient (Wildman–Crippen LogP) is -0.308. The van der Waals surface area contributed by atoms with Crippen molar-refractivity contribution in [3.63, 3.8) is 0 Å². The molecule has 0 aliphatic heterocycles. The first kappa shape index (κ1) is 29.3. The molecule has 0 heterocycles. The highest BCUT2D eigenvalue weighted by Gasteiger charge is 2.31. The minimum Gasteiger partial charge on any atom is -0.508 e. The van der Waals surface area contributed by atoms with E-state index < -0.39 is 60.4 Å². The fourth-order valence-electron chi connectivity index (χ4n) is 3.55. The zero-order chi connectivity index (χ0) is 27.5. The molecule has 0 aliphatic rings. The molecule has 0 saturated carbocycles. The zero-order valence-electron chi connectivity index (χ0n) is 20.8. The van der Waals surface area contributed by atoms with Crippen LogP contribution < -0.4 is 21.7 Å². The Hall–Kier alpha value is -3.96. The molecule has 200 valence electrons. The molecule has 4 unspecified atom stereocenters. The van der Waals surface area contributed by atoms with E-state index in [-0.39, 0.29) is 18.6 Å². The normalized spacial score (nSPS) is 14.2. The van der Waals surface area contributed by atoms with Crippen LogP contribution in [0.15, 0.2) is 54.6 Å². The highest BCUT2D eigenvalue weighted by atomic mass is 16.4. The van der Waals surface area contributed by atoms with Crippen molar-refractivity contribution in [2.45, 2.75) is 50.9 Å². The van der Waals surface area contributed by atoms with Gasteiger partial charge in [0.25, 0.3) is 0 Å². The van der Waals surface area contributed by atoms with E-state index in [0.717, 1.165) is 5.56 Å².